The second kappa shape index (κ2) is 6.73. The van der Waals surface area contributed by atoms with Crippen molar-refractivity contribution in [2.24, 2.45) is 7.05 Å². The highest BCUT2D eigenvalue weighted by atomic mass is 16.5. The van der Waals surface area contributed by atoms with Gasteiger partial charge in [0.05, 0.1) is 12.2 Å². The fourth-order valence-corrected chi connectivity index (χ4v) is 2.94. The number of nitrogens with two attached hydrogens (primary N) is 1. The van der Waals surface area contributed by atoms with Crippen LogP contribution < -0.4 is 15.8 Å². The molecule has 1 aliphatic rings. The van der Waals surface area contributed by atoms with Crippen LogP contribution in [0.4, 0.5) is 5.82 Å². The van der Waals surface area contributed by atoms with Crippen molar-refractivity contribution in [3.05, 3.63) is 42.1 Å². The van der Waals surface area contributed by atoms with Gasteiger partial charge >= 0.3 is 0 Å². The minimum absolute atomic E-state index is 0.0175. The molecule has 1 heterocycles. The maximum atomic E-state index is 12.4. The summed E-state index contributed by atoms with van der Waals surface area (Å²) in [6.45, 7) is 0. The highest BCUT2D eigenvalue weighted by Gasteiger charge is 2.29. The van der Waals surface area contributed by atoms with Gasteiger partial charge in [0.25, 0.3) is 5.91 Å². The number of anilines is 1. The molecule has 1 aromatic carbocycles. The lowest BCUT2D eigenvalue weighted by atomic mass is 9.92. The van der Waals surface area contributed by atoms with E-state index in [2.05, 4.69) is 10.4 Å². The van der Waals surface area contributed by atoms with Gasteiger partial charge in [0.2, 0.25) is 0 Å². The Kier molecular flexibility index (Phi) is 4.50. The third kappa shape index (κ3) is 3.47. The third-order valence-electron chi connectivity index (χ3n) is 4.28. The van der Waals surface area contributed by atoms with Crippen LogP contribution in [-0.2, 0) is 7.05 Å². The number of para-hydroxylation sites is 1. The number of nitrogen functional groups attached to an aromatic ring is 1. The summed E-state index contributed by atoms with van der Waals surface area (Å²) in [4.78, 5) is 12.4. The van der Waals surface area contributed by atoms with E-state index in [4.69, 9.17) is 10.5 Å². The number of rotatable bonds is 4. The number of aromatic nitrogens is 2. The van der Waals surface area contributed by atoms with Crippen LogP contribution in [0.5, 0.6) is 5.75 Å². The largest absolute Gasteiger partial charge is 0.488 e. The van der Waals surface area contributed by atoms with Gasteiger partial charge in [-0.1, -0.05) is 24.6 Å². The van der Waals surface area contributed by atoms with Crippen LogP contribution in [0.1, 0.15) is 36.0 Å². The molecule has 6 heteroatoms. The summed E-state index contributed by atoms with van der Waals surface area (Å²) in [5.41, 5.74) is 6.29. The van der Waals surface area contributed by atoms with Crippen molar-refractivity contribution in [2.45, 2.75) is 37.8 Å². The first-order valence-electron chi connectivity index (χ1n) is 7.95. The molecule has 3 rings (SSSR count). The number of aryl methyl sites for hydroxylation is 1. The SMILES string of the molecule is Cn1ncc(C(=O)N[C@@H]2CCCC[C@H]2Oc2ccccc2)c1N. The van der Waals surface area contributed by atoms with Crippen molar-refractivity contribution >= 4 is 11.7 Å². The average Bonchev–Trinajstić information content (AvgIpc) is 2.90. The molecule has 2 aromatic rings. The molecular formula is C17H22N4O2. The minimum atomic E-state index is -0.191. The summed E-state index contributed by atoms with van der Waals surface area (Å²) in [5.74, 6) is 1.02. The molecule has 3 N–H and O–H groups in total. The van der Waals surface area contributed by atoms with Crippen LogP contribution in [0.3, 0.4) is 0 Å². The van der Waals surface area contributed by atoms with Crippen LogP contribution in [0, 0.1) is 0 Å². The van der Waals surface area contributed by atoms with Crippen molar-refractivity contribution in [3.63, 3.8) is 0 Å². The average molecular weight is 314 g/mol. The number of benzene rings is 1. The highest BCUT2D eigenvalue weighted by Crippen LogP contribution is 2.24. The number of nitrogens with one attached hydrogen (secondary N) is 1. The van der Waals surface area contributed by atoms with E-state index >= 15 is 0 Å². The van der Waals surface area contributed by atoms with E-state index in [1.807, 2.05) is 30.3 Å². The molecule has 0 spiro atoms. The quantitative estimate of drug-likeness (QED) is 0.905. The zero-order chi connectivity index (χ0) is 16.2. The topological polar surface area (TPSA) is 82.2 Å². The van der Waals surface area contributed by atoms with Crippen LogP contribution in [0.2, 0.25) is 0 Å². The van der Waals surface area contributed by atoms with Crippen molar-refractivity contribution < 1.29 is 9.53 Å². The number of amides is 1. The highest BCUT2D eigenvalue weighted by molar-refractivity contribution is 5.98. The second-order valence-corrected chi connectivity index (χ2v) is 5.90. The Morgan fingerprint density at radius 3 is 2.74 bits per heavy atom. The standard InChI is InChI=1S/C17H22N4O2/c1-21-16(18)13(11-19-21)17(22)20-14-9-5-6-10-15(14)23-12-7-3-2-4-8-12/h2-4,7-8,11,14-15H,5-6,9-10,18H2,1H3,(H,20,22)/t14-,15-/m1/s1. The fraction of sp³-hybridized carbons (Fsp3) is 0.412. The molecule has 0 unspecified atom stereocenters. The molecule has 1 saturated carbocycles. The van der Waals surface area contributed by atoms with Gasteiger partial charge in [-0.05, 0) is 31.4 Å². The van der Waals surface area contributed by atoms with Gasteiger partial charge in [0.15, 0.2) is 0 Å². The minimum Gasteiger partial charge on any atom is -0.488 e. The van der Waals surface area contributed by atoms with E-state index < -0.39 is 0 Å². The first kappa shape index (κ1) is 15.4. The van der Waals surface area contributed by atoms with E-state index in [0.717, 1.165) is 31.4 Å². The number of hydrogen-bond acceptors (Lipinski definition) is 4. The number of hydrogen-bond donors (Lipinski definition) is 2. The second-order valence-electron chi connectivity index (χ2n) is 5.90. The molecule has 6 nitrogen and oxygen atoms in total. The number of carbonyl (C=O) groups is 1. The van der Waals surface area contributed by atoms with Gasteiger partial charge in [0.1, 0.15) is 23.2 Å². The Labute approximate surface area is 135 Å². The van der Waals surface area contributed by atoms with Crippen LogP contribution in [0.25, 0.3) is 0 Å². The molecule has 23 heavy (non-hydrogen) atoms. The number of ether oxygens (including phenoxy) is 1. The maximum absolute atomic E-state index is 12.4. The first-order chi connectivity index (χ1) is 11.1. The third-order valence-corrected chi connectivity index (χ3v) is 4.28. The van der Waals surface area contributed by atoms with E-state index in [9.17, 15) is 4.79 Å². The van der Waals surface area contributed by atoms with E-state index in [0.29, 0.717) is 11.4 Å². The molecule has 122 valence electrons. The smallest absolute Gasteiger partial charge is 0.257 e. The zero-order valence-electron chi connectivity index (χ0n) is 13.2. The first-order valence-corrected chi connectivity index (χ1v) is 7.95. The Bertz CT molecular complexity index is 668. The molecule has 0 saturated heterocycles. The van der Waals surface area contributed by atoms with Gasteiger partial charge in [-0.15, -0.1) is 0 Å². The van der Waals surface area contributed by atoms with Crippen molar-refractivity contribution in [2.75, 3.05) is 5.73 Å². The lowest BCUT2D eigenvalue weighted by Crippen LogP contribution is -2.47. The summed E-state index contributed by atoms with van der Waals surface area (Å²) in [6, 6.07) is 9.71. The van der Waals surface area contributed by atoms with Crippen molar-refractivity contribution in [3.8, 4) is 5.75 Å². The zero-order valence-corrected chi connectivity index (χ0v) is 13.2. The Balaban J connectivity index is 1.69. The number of carbonyl (C=O) groups excluding carboxylic acids is 1. The van der Waals surface area contributed by atoms with Gasteiger partial charge in [0, 0.05) is 7.05 Å². The fourth-order valence-electron chi connectivity index (χ4n) is 2.94. The molecular weight excluding hydrogens is 292 g/mol. The lowest BCUT2D eigenvalue weighted by Gasteiger charge is -2.32. The molecule has 0 bridgehead atoms. The van der Waals surface area contributed by atoms with E-state index in [1.54, 1.807) is 7.05 Å². The molecule has 1 fully saturated rings. The molecule has 0 aliphatic heterocycles. The van der Waals surface area contributed by atoms with Crippen molar-refractivity contribution in [1.29, 1.82) is 0 Å². The van der Waals surface area contributed by atoms with Gasteiger partial charge < -0.3 is 15.8 Å². The number of nitrogens with zero attached hydrogens (tertiary/aromatic N) is 2. The molecule has 0 radical (unpaired) electrons. The Hall–Kier alpha value is -2.50. The monoisotopic (exact) mass is 314 g/mol. The van der Waals surface area contributed by atoms with Gasteiger partial charge in [-0.2, -0.15) is 5.10 Å². The predicted octanol–water partition coefficient (Wildman–Crippen LogP) is 2.12. The predicted molar refractivity (Wildman–Crippen MR) is 88.2 cm³/mol. The van der Waals surface area contributed by atoms with Crippen LogP contribution in [0.15, 0.2) is 36.5 Å². The summed E-state index contributed by atoms with van der Waals surface area (Å²) in [7, 11) is 1.72. The molecule has 2 atom stereocenters. The van der Waals surface area contributed by atoms with Crippen LogP contribution >= 0.6 is 0 Å². The summed E-state index contributed by atoms with van der Waals surface area (Å²) in [5, 5.41) is 7.08. The van der Waals surface area contributed by atoms with Crippen LogP contribution in [-0.4, -0.2) is 27.8 Å². The lowest BCUT2D eigenvalue weighted by molar-refractivity contribution is 0.0798. The molecule has 1 aliphatic carbocycles. The molecule has 1 aromatic heterocycles. The van der Waals surface area contributed by atoms with Gasteiger partial charge in [-0.3, -0.25) is 9.48 Å². The summed E-state index contributed by atoms with van der Waals surface area (Å²) >= 11 is 0. The normalized spacial score (nSPS) is 20.9. The molecule has 1 amide bonds. The van der Waals surface area contributed by atoms with Crippen molar-refractivity contribution in [1.82, 2.24) is 15.1 Å². The van der Waals surface area contributed by atoms with Gasteiger partial charge in [-0.25, -0.2) is 0 Å². The van der Waals surface area contributed by atoms with E-state index in [1.165, 1.54) is 10.9 Å². The maximum Gasteiger partial charge on any atom is 0.257 e. The van der Waals surface area contributed by atoms with E-state index in [-0.39, 0.29) is 18.1 Å². The summed E-state index contributed by atoms with van der Waals surface area (Å²) in [6.07, 6.45) is 5.51. The Morgan fingerprint density at radius 1 is 1.30 bits per heavy atom. The summed E-state index contributed by atoms with van der Waals surface area (Å²) < 4.78 is 7.57. The Morgan fingerprint density at radius 2 is 2.04 bits per heavy atom.